The van der Waals surface area contributed by atoms with Gasteiger partial charge in [-0.3, -0.25) is 4.79 Å². The Hall–Kier alpha value is -1.81. The predicted octanol–water partition coefficient (Wildman–Crippen LogP) is 3.34. The van der Waals surface area contributed by atoms with Crippen LogP contribution >= 0.6 is 0 Å². The summed E-state index contributed by atoms with van der Waals surface area (Å²) in [5.74, 6) is -4.06. The molecule has 0 spiro atoms. The summed E-state index contributed by atoms with van der Waals surface area (Å²) in [6, 6.07) is 1.57. The van der Waals surface area contributed by atoms with Crippen LogP contribution in [0.3, 0.4) is 0 Å². The lowest BCUT2D eigenvalue weighted by Gasteiger charge is -2.19. The molecule has 1 N–H and O–H groups in total. The molecule has 26 heavy (non-hydrogen) atoms. The average Bonchev–Trinajstić information content (AvgIpc) is 2.75. The van der Waals surface area contributed by atoms with Crippen molar-refractivity contribution in [3.8, 4) is 0 Å². The second-order valence-electron chi connectivity index (χ2n) is 6.28. The summed E-state index contributed by atoms with van der Waals surface area (Å²) >= 11 is 0. The Bertz CT molecular complexity index is 915. The maximum atomic E-state index is 14.0. The van der Waals surface area contributed by atoms with Crippen LogP contribution in [-0.4, -0.2) is 30.7 Å². The molecule has 0 amide bonds. The summed E-state index contributed by atoms with van der Waals surface area (Å²) in [6.07, 6.45) is -1.51. The van der Waals surface area contributed by atoms with E-state index in [0.29, 0.717) is 24.5 Å². The molecule has 0 aliphatic heterocycles. The molecule has 10 heteroatoms. The van der Waals surface area contributed by atoms with Gasteiger partial charge in [0.1, 0.15) is 6.10 Å². The van der Waals surface area contributed by atoms with Crippen LogP contribution in [0.4, 0.5) is 22.0 Å². The first-order chi connectivity index (χ1) is 11.9. The fourth-order valence-corrected chi connectivity index (χ4v) is 4.36. The third-order valence-electron chi connectivity index (χ3n) is 4.55. The number of benzene rings is 1. The Labute approximate surface area is 145 Å². The zero-order valence-corrected chi connectivity index (χ0v) is 13.9. The molecule has 1 atom stereocenters. The standard InChI is InChI=1S/C16H13F5O4S/c17-15(18)7-11-10(8-2-1-3-9(22)6-8)4-5-12(13(11)14(15)23)26(24,25)16(19,20)21/h4-6,14,23H,1-3,7H2/t14-/m0/s1. The van der Waals surface area contributed by atoms with Crippen LogP contribution in [0.15, 0.2) is 23.1 Å². The minimum Gasteiger partial charge on any atom is -0.382 e. The second kappa shape index (κ2) is 5.85. The molecule has 0 saturated heterocycles. The smallest absolute Gasteiger partial charge is 0.382 e. The van der Waals surface area contributed by atoms with Crippen molar-refractivity contribution in [3.05, 3.63) is 34.9 Å². The molecular formula is C16H13F5O4S. The largest absolute Gasteiger partial charge is 0.501 e. The van der Waals surface area contributed by atoms with Crippen LogP contribution in [0.2, 0.25) is 0 Å². The first-order valence-electron chi connectivity index (χ1n) is 7.63. The van der Waals surface area contributed by atoms with Crippen molar-refractivity contribution in [3.63, 3.8) is 0 Å². The van der Waals surface area contributed by atoms with Crippen molar-refractivity contribution in [2.75, 3.05) is 0 Å². The van der Waals surface area contributed by atoms with Crippen LogP contribution in [-0.2, 0) is 21.1 Å². The zero-order valence-electron chi connectivity index (χ0n) is 13.1. The van der Waals surface area contributed by atoms with Gasteiger partial charge in [-0.2, -0.15) is 13.2 Å². The van der Waals surface area contributed by atoms with Gasteiger partial charge in [0, 0.05) is 18.4 Å². The monoisotopic (exact) mass is 396 g/mol. The van der Waals surface area contributed by atoms with Gasteiger partial charge in [0.05, 0.1) is 4.90 Å². The lowest BCUT2D eigenvalue weighted by molar-refractivity contribution is -0.114. The van der Waals surface area contributed by atoms with Crippen LogP contribution in [0.5, 0.6) is 0 Å². The minimum absolute atomic E-state index is 0.0744. The normalized spacial score (nSPS) is 22.9. The number of rotatable bonds is 2. The van der Waals surface area contributed by atoms with Crippen LogP contribution in [0.1, 0.15) is 42.1 Å². The van der Waals surface area contributed by atoms with E-state index < -0.39 is 44.3 Å². The summed E-state index contributed by atoms with van der Waals surface area (Å²) in [5, 5.41) is 9.83. The minimum atomic E-state index is -5.92. The summed E-state index contributed by atoms with van der Waals surface area (Å²) in [5.41, 5.74) is -6.58. The van der Waals surface area contributed by atoms with E-state index in [2.05, 4.69) is 0 Å². The van der Waals surface area contributed by atoms with Crippen molar-refractivity contribution in [1.82, 2.24) is 0 Å². The van der Waals surface area contributed by atoms with E-state index in [1.165, 1.54) is 6.08 Å². The van der Waals surface area contributed by atoms with E-state index >= 15 is 0 Å². The van der Waals surface area contributed by atoms with Crippen molar-refractivity contribution in [2.24, 2.45) is 0 Å². The van der Waals surface area contributed by atoms with E-state index in [1.54, 1.807) is 0 Å². The predicted molar refractivity (Wildman–Crippen MR) is 80.1 cm³/mol. The first kappa shape index (κ1) is 19.0. The lowest BCUT2D eigenvalue weighted by Crippen LogP contribution is -2.26. The van der Waals surface area contributed by atoms with Gasteiger partial charge in [-0.1, -0.05) is 6.07 Å². The Morgan fingerprint density at radius 1 is 1.15 bits per heavy atom. The quantitative estimate of drug-likeness (QED) is 0.779. The fraction of sp³-hybridized carbons (Fsp3) is 0.438. The number of alkyl halides is 5. The fourth-order valence-electron chi connectivity index (χ4n) is 3.34. The Balaban J connectivity index is 2.28. The number of carbonyl (C=O) groups excluding carboxylic acids is 1. The third-order valence-corrected chi connectivity index (χ3v) is 6.09. The number of ketones is 1. The molecule has 0 saturated carbocycles. The molecule has 0 aromatic heterocycles. The molecule has 0 bridgehead atoms. The highest BCUT2D eigenvalue weighted by Crippen LogP contribution is 2.50. The third kappa shape index (κ3) is 2.84. The van der Waals surface area contributed by atoms with Crippen LogP contribution in [0.25, 0.3) is 5.57 Å². The average molecular weight is 396 g/mol. The highest BCUT2D eigenvalue weighted by molar-refractivity contribution is 7.92. The molecule has 2 aliphatic rings. The number of sulfone groups is 1. The van der Waals surface area contributed by atoms with Crippen molar-refractivity contribution in [1.29, 1.82) is 0 Å². The molecule has 1 aromatic carbocycles. The first-order valence-corrected chi connectivity index (χ1v) is 9.11. The summed E-state index contributed by atoms with van der Waals surface area (Å²) in [7, 11) is -5.92. The Morgan fingerprint density at radius 3 is 2.38 bits per heavy atom. The van der Waals surface area contributed by atoms with Gasteiger partial charge in [0.25, 0.3) is 15.8 Å². The molecule has 142 valence electrons. The zero-order chi connectivity index (χ0) is 19.5. The number of hydrogen-bond acceptors (Lipinski definition) is 4. The topological polar surface area (TPSA) is 71.4 Å². The summed E-state index contributed by atoms with van der Waals surface area (Å²) in [6.45, 7) is 0. The maximum Gasteiger partial charge on any atom is 0.501 e. The van der Waals surface area contributed by atoms with Gasteiger partial charge < -0.3 is 5.11 Å². The second-order valence-corrected chi connectivity index (χ2v) is 8.19. The molecule has 1 aromatic rings. The number of allylic oxidation sites excluding steroid dienone is 2. The van der Waals surface area contributed by atoms with E-state index in [0.717, 1.165) is 6.07 Å². The molecule has 2 aliphatic carbocycles. The highest BCUT2D eigenvalue weighted by Gasteiger charge is 2.54. The SMILES string of the molecule is O=C1C=C(c2ccc(S(=O)(=O)C(F)(F)F)c3c2CC(F)(F)[C@H]3O)CCC1. The molecule has 0 fully saturated rings. The molecule has 4 nitrogen and oxygen atoms in total. The molecule has 3 rings (SSSR count). The number of aliphatic hydroxyl groups is 1. The molecule has 0 radical (unpaired) electrons. The Morgan fingerprint density at radius 2 is 1.81 bits per heavy atom. The van der Waals surface area contributed by atoms with Gasteiger partial charge in [0.15, 0.2) is 5.78 Å². The summed E-state index contributed by atoms with van der Waals surface area (Å²) < 4.78 is 90.2. The van der Waals surface area contributed by atoms with Crippen molar-refractivity contribution < 1.29 is 40.3 Å². The summed E-state index contributed by atoms with van der Waals surface area (Å²) in [4.78, 5) is 10.2. The van der Waals surface area contributed by atoms with Gasteiger partial charge >= 0.3 is 5.51 Å². The number of hydrogen-bond donors (Lipinski definition) is 1. The molecular weight excluding hydrogens is 383 g/mol. The van der Waals surface area contributed by atoms with Gasteiger partial charge in [0.2, 0.25) is 0 Å². The van der Waals surface area contributed by atoms with Gasteiger partial charge in [-0.15, -0.1) is 0 Å². The van der Waals surface area contributed by atoms with E-state index in [9.17, 15) is 40.3 Å². The van der Waals surface area contributed by atoms with Crippen molar-refractivity contribution in [2.45, 2.75) is 48.1 Å². The number of carbonyl (C=O) groups is 1. The number of aliphatic hydroxyl groups excluding tert-OH is 1. The van der Waals surface area contributed by atoms with Gasteiger partial charge in [-0.25, -0.2) is 17.2 Å². The lowest BCUT2D eigenvalue weighted by atomic mass is 9.89. The molecule has 0 unspecified atom stereocenters. The number of fused-ring (bicyclic) bond motifs is 1. The van der Waals surface area contributed by atoms with E-state index in [1.807, 2.05) is 0 Å². The van der Waals surface area contributed by atoms with E-state index in [4.69, 9.17) is 0 Å². The van der Waals surface area contributed by atoms with Crippen molar-refractivity contribution >= 4 is 21.2 Å². The van der Waals surface area contributed by atoms with Crippen LogP contribution < -0.4 is 0 Å². The van der Waals surface area contributed by atoms with Gasteiger partial charge in [-0.05, 0) is 41.7 Å². The number of halogens is 5. The Kier molecular flexibility index (Phi) is 4.27. The molecule has 0 heterocycles. The highest BCUT2D eigenvalue weighted by atomic mass is 32.2. The van der Waals surface area contributed by atoms with Crippen LogP contribution in [0, 0.1) is 0 Å². The maximum absolute atomic E-state index is 14.0. The van der Waals surface area contributed by atoms with E-state index in [-0.39, 0.29) is 23.3 Å².